The molecule has 2 N–H and O–H groups in total. The zero-order valence-electron chi connectivity index (χ0n) is 10.9. The Morgan fingerprint density at radius 1 is 1.20 bits per heavy atom. The molecule has 2 atom stereocenters. The van der Waals surface area contributed by atoms with Gasteiger partial charge in [0.05, 0.1) is 0 Å². The molecule has 15 heavy (non-hydrogen) atoms. The first-order valence-corrected chi connectivity index (χ1v) is 6.48. The molecule has 0 aliphatic heterocycles. The fourth-order valence-electron chi connectivity index (χ4n) is 2.58. The highest BCUT2D eigenvalue weighted by atomic mass is 15.1. The lowest BCUT2D eigenvalue weighted by molar-refractivity contribution is 0.168. The van der Waals surface area contributed by atoms with Crippen molar-refractivity contribution in [3.63, 3.8) is 0 Å². The topological polar surface area (TPSA) is 29.3 Å². The molecular formula is C13H28N2. The molecule has 0 saturated heterocycles. The van der Waals surface area contributed by atoms with Crippen molar-refractivity contribution in [2.75, 3.05) is 13.1 Å². The fraction of sp³-hybridized carbons (Fsp3) is 1.00. The summed E-state index contributed by atoms with van der Waals surface area (Å²) >= 11 is 0. The monoisotopic (exact) mass is 212 g/mol. The van der Waals surface area contributed by atoms with Crippen molar-refractivity contribution in [2.45, 2.75) is 59.0 Å². The van der Waals surface area contributed by atoms with Crippen molar-refractivity contribution in [1.82, 2.24) is 4.90 Å². The fourth-order valence-corrected chi connectivity index (χ4v) is 2.58. The van der Waals surface area contributed by atoms with E-state index in [9.17, 15) is 0 Å². The van der Waals surface area contributed by atoms with Crippen LogP contribution in [0.15, 0.2) is 0 Å². The summed E-state index contributed by atoms with van der Waals surface area (Å²) in [7, 11) is 0. The molecule has 1 saturated carbocycles. The smallest absolute Gasteiger partial charge is 0.00420 e. The normalized spacial score (nSPS) is 27.2. The molecular weight excluding hydrogens is 184 g/mol. The van der Waals surface area contributed by atoms with Gasteiger partial charge in [-0.15, -0.1) is 0 Å². The van der Waals surface area contributed by atoms with Crippen LogP contribution in [0.5, 0.6) is 0 Å². The maximum Gasteiger partial charge on any atom is 0.00420 e. The van der Waals surface area contributed by atoms with Gasteiger partial charge in [0.2, 0.25) is 0 Å². The van der Waals surface area contributed by atoms with Crippen LogP contribution < -0.4 is 5.73 Å². The van der Waals surface area contributed by atoms with Gasteiger partial charge in [-0.05, 0) is 44.9 Å². The molecule has 1 fully saturated rings. The molecule has 0 amide bonds. The maximum absolute atomic E-state index is 5.96. The van der Waals surface area contributed by atoms with Gasteiger partial charge in [-0.2, -0.15) is 0 Å². The van der Waals surface area contributed by atoms with Crippen LogP contribution in [0.3, 0.4) is 0 Å². The van der Waals surface area contributed by atoms with Gasteiger partial charge < -0.3 is 10.6 Å². The zero-order chi connectivity index (χ0) is 11.4. The molecule has 2 unspecified atom stereocenters. The van der Waals surface area contributed by atoms with Crippen LogP contribution in [0, 0.1) is 11.8 Å². The average Bonchev–Trinajstić information content (AvgIpc) is 2.49. The average molecular weight is 212 g/mol. The number of hydrogen-bond donors (Lipinski definition) is 1. The van der Waals surface area contributed by atoms with Crippen molar-refractivity contribution in [2.24, 2.45) is 17.6 Å². The molecule has 0 radical (unpaired) electrons. The molecule has 0 aromatic heterocycles. The van der Waals surface area contributed by atoms with Gasteiger partial charge in [0.25, 0.3) is 0 Å². The molecule has 2 heteroatoms. The molecule has 0 bridgehead atoms. The lowest BCUT2D eigenvalue weighted by atomic mass is 10.1. The lowest BCUT2D eigenvalue weighted by Crippen LogP contribution is -2.37. The summed E-state index contributed by atoms with van der Waals surface area (Å²) in [6.07, 6.45) is 3.81. The Bertz CT molecular complexity index is 177. The number of nitrogens with two attached hydrogens (primary N) is 1. The minimum absolute atomic E-state index is 0.475. The highest BCUT2D eigenvalue weighted by molar-refractivity contribution is 4.81. The first-order valence-electron chi connectivity index (χ1n) is 6.48. The highest BCUT2D eigenvalue weighted by Gasteiger charge is 2.24. The molecule has 0 heterocycles. The molecule has 1 aliphatic rings. The molecule has 1 aliphatic carbocycles. The summed E-state index contributed by atoms with van der Waals surface area (Å²) in [5, 5.41) is 0. The van der Waals surface area contributed by atoms with E-state index in [-0.39, 0.29) is 0 Å². The van der Waals surface area contributed by atoms with E-state index in [1.54, 1.807) is 0 Å². The van der Waals surface area contributed by atoms with E-state index in [2.05, 4.69) is 32.6 Å². The summed E-state index contributed by atoms with van der Waals surface area (Å²) in [6.45, 7) is 11.7. The van der Waals surface area contributed by atoms with Crippen LogP contribution in [-0.4, -0.2) is 30.1 Å². The summed E-state index contributed by atoms with van der Waals surface area (Å²) in [5.74, 6) is 1.61. The van der Waals surface area contributed by atoms with Gasteiger partial charge >= 0.3 is 0 Å². The van der Waals surface area contributed by atoms with Gasteiger partial charge in [-0.1, -0.05) is 13.8 Å². The lowest BCUT2D eigenvalue weighted by Gasteiger charge is -2.30. The van der Waals surface area contributed by atoms with E-state index in [1.165, 1.54) is 32.4 Å². The summed E-state index contributed by atoms with van der Waals surface area (Å²) in [6, 6.07) is 1.15. The quantitative estimate of drug-likeness (QED) is 0.758. The van der Waals surface area contributed by atoms with Crippen molar-refractivity contribution < 1.29 is 0 Å². The van der Waals surface area contributed by atoms with Crippen molar-refractivity contribution in [3.05, 3.63) is 0 Å². The molecule has 0 spiro atoms. The number of rotatable bonds is 5. The van der Waals surface area contributed by atoms with E-state index in [4.69, 9.17) is 5.73 Å². The number of hydrogen-bond acceptors (Lipinski definition) is 2. The van der Waals surface area contributed by atoms with Crippen molar-refractivity contribution >= 4 is 0 Å². The Balaban J connectivity index is 2.37. The Morgan fingerprint density at radius 2 is 1.87 bits per heavy atom. The van der Waals surface area contributed by atoms with Gasteiger partial charge in [0.1, 0.15) is 0 Å². The third-order valence-corrected chi connectivity index (χ3v) is 3.40. The standard InChI is InChI=1S/C13H28N2/c1-10(2)8-15(11(3)4)9-12-5-6-13(14)7-12/h10-13H,5-9,14H2,1-4H3. The SMILES string of the molecule is CC(C)CN(CC1CCC(N)C1)C(C)C. The van der Waals surface area contributed by atoms with E-state index in [0.717, 1.165) is 11.8 Å². The zero-order valence-corrected chi connectivity index (χ0v) is 10.9. The predicted octanol–water partition coefficient (Wildman–Crippen LogP) is 2.48. The van der Waals surface area contributed by atoms with E-state index in [1.807, 2.05) is 0 Å². The largest absolute Gasteiger partial charge is 0.328 e. The van der Waals surface area contributed by atoms with Crippen LogP contribution in [0.25, 0.3) is 0 Å². The van der Waals surface area contributed by atoms with Crippen LogP contribution in [0.1, 0.15) is 47.0 Å². The Hall–Kier alpha value is -0.0800. The maximum atomic E-state index is 5.96. The second-order valence-electron chi connectivity index (χ2n) is 5.88. The van der Waals surface area contributed by atoms with Crippen LogP contribution in [0.4, 0.5) is 0 Å². The first kappa shape index (κ1) is 13.0. The number of nitrogens with zero attached hydrogens (tertiary/aromatic N) is 1. The second-order valence-corrected chi connectivity index (χ2v) is 5.88. The van der Waals surface area contributed by atoms with Gasteiger partial charge in [-0.25, -0.2) is 0 Å². The van der Waals surface area contributed by atoms with Gasteiger partial charge in [-0.3, -0.25) is 0 Å². The summed E-state index contributed by atoms with van der Waals surface area (Å²) in [4.78, 5) is 2.62. The molecule has 1 rings (SSSR count). The van der Waals surface area contributed by atoms with E-state index in [0.29, 0.717) is 12.1 Å². The first-order chi connectivity index (χ1) is 6.99. The van der Waals surface area contributed by atoms with Crippen LogP contribution >= 0.6 is 0 Å². The van der Waals surface area contributed by atoms with Crippen molar-refractivity contribution in [3.8, 4) is 0 Å². The van der Waals surface area contributed by atoms with Gasteiger partial charge in [0, 0.05) is 25.2 Å². The Morgan fingerprint density at radius 3 is 2.27 bits per heavy atom. The molecule has 2 nitrogen and oxygen atoms in total. The summed E-state index contributed by atoms with van der Waals surface area (Å²) in [5.41, 5.74) is 5.96. The third-order valence-electron chi connectivity index (χ3n) is 3.40. The second kappa shape index (κ2) is 5.86. The molecule has 90 valence electrons. The summed E-state index contributed by atoms with van der Waals surface area (Å²) < 4.78 is 0. The van der Waals surface area contributed by atoms with E-state index < -0.39 is 0 Å². The Kier molecular flexibility index (Phi) is 5.07. The third kappa shape index (κ3) is 4.52. The van der Waals surface area contributed by atoms with Gasteiger partial charge in [0.15, 0.2) is 0 Å². The minimum atomic E-state index is 0.475. The van der Waals surface area contributed by atoms with Crippen molar-refractivity contribution in [1.29, 1.82) is 0 Å². The Labute approximate surface area is 95.2 Å². The van der Waals surface area contributed by atoms with Crippen LogP contribution in [-0.2, 0) is 0 Å². The van der Waals surface area contributed by atoms with E-state index >= 15 is 0 Å². The molecule has 0 aromatic rings. The minimum Gasteiger partial charge on any atom is -0.328 e. The predicted molar refractivity (Wildman–Crippen MR) is 66.9 cm³/mol. The molecule has 0 aromatic carbocycles. The van der Waals surface area contributed by atoms with Crippen LogP contribution in [0.2, 0.25) is 0 Å². The highest BCUT2D eigenvalue weighted by Crippen LogP contribution is 2.25.